The summed E-state index contributed by atoms with van der Waals surface area (Å²) in [6, 6.07) is 0. The third-order valence-electron chi connectivity index (χ3n) is 4.91. The van der Waals surface area contributed by atoms with Gasteiger partial charge >= 0.3 is 0 Å². The van der Waals surface area contributed by atoms with Gasteiger partial charge in [-0.25, -0.2) is 0 Å². The second kappa shape index (κ2) is 8.09. The van der Waals surface area contributed by atoms with E-state index < -0.39 is 12.2 Å². The van der Waals surface area contributed by atoms with Crippen molar-refractivity contribution in [2.75, 3.05) is 0 Å². The minimum Gasteiger partial charge on any atom is -0.392 e. The van der Waals surface area contributed by atoms with E-state index in [1.807, 2.05) is 19.1 Å². The quantitative estimate of drug-likeness (QED) is 0.674. The third kappa shape index (κ3) is 4.93. The van der Waals surface area contributed by atoms with Gasteiger partial charge < -0.3 is 10.2 Å². The van der Waals surface area contributed by atoms with Gasteiger partial charge in [-0.15, -0.1) is 0 Å². The predicted octanol–water partition coefficient (Wildman–Crippen LogP) is 3.49. The second-order valence-corrected chi connectivity index (χ2v) is 7.08. The normalized spacial score (nSPS) is 28.2. The molecule has 1 rings (SSSR count). The standard InChI is InChI=1S/C18H32O3/c1-5-7-12-18(3,4)16(21)11-9-13-8-10-15(20)17(13)14(19)6-2/h9,11,13,15-17,20-21H,5-8,10,12H2,1-4H3. The van der Waals surface area contributed by atoms with E-state index in [4.69, 9.17) is 0 Å². The maximum Gasteiger partial charge on any atom is 0.138 e. The van der Waals surface area contributed by atoms with Crippen LogP contribution in [0.2, 0.25) is 0 Å². The molecule has 4 atom stereocenters. The molecule has 1 saturated carbocycles. The highest BCUT2D eigenvalue weighted by Crippen LogP contribution is 2.35. The lowest BCUT2D eigenvalue weighted by atomic mass is 9.80. The maximum absolute atomic E-state index is 12.0. The van der Waals surface area contributed by atoms with E-state index in [-0.39, 0.29) is 23.0 Å². The highest BCUT2D eigenvalue weighted by Gasteiger charge is 2.37. The molecule has 4 unspecified atom stereocenters. The van der Waals surface area contributed by atoms with E-state index in [1.54, 1.807) is 0 Å². The van der Waals surface area contributed by atoms with E-state index in [2.05, 4.69) is 20.8 Å². The molecule has 0 amide bonds. The number of aliphatic hydroxyl groups is 2. The summed E-state index contributed by atoms with van der Waals surface area (Å²) in [6.07, 6.45) is 7.99. The Morgan fingerprint density at radius 2 is 2.00 bits per heavy atom. The van der Waals surface area contributed by atoms with E-state index in [0.29, 0.717) is 12.8 Å². The average molecular weight is 296 g/mol. The van der Waals surface area contributed by atoms with Crippen LogP contribution in [0.25, 0.3) is 0 Å². The molecule has 0 heterocycles. The van der Waals surface area contributed by atoms with Crippen molar-refractivity contribution >= 4 is 5.78 Å². The fraction of sp³-hybridized carbons (Fsp3) is 0.833. The molecule has 0 bridgehead atoms. The summed E-state index contributed by atoms with van der Waals surface area (Å²) < 4.78 is 0. The number of hydrogen-bond acceptors (Lipinski definition) is 3. The van der Waals surface area contributed by atoms with Crippen LogP contribution in [0.4, 0.5) is 0 Å². The minimum absolute atomic E-state index is 0.0732. The Morgan fingerprint density at radius 3 is 2.57 bits per heavy atom. The van der Waals surface area contributed by atoms with Gasteiger partial charge in [-0.1, -0.05) is 52.7 Å². The van der Waals surface area contributed by atoms with Crippen LogP contribution in [0.1, 0.15) is 66.2 Å². The topological polar surface area (TPSA) is 57.5 Å². The first-order valence-corrected chi connectivity index (χ1v) is 8.40. The molecule has 1 fully saturated rings. The van der Waals surface area contributed by atoms with Crippen molar-refractivity contribution < 1.29 is 15.0 Å². The number of carbonyl (C=O) groups is 1. The van der Waals surface area contributed by atoms with E-state index >= 15 is 0 Å². The lowest BCUT2D eigenvalue weighted by Crippen LogP contribution is -2.29. The Hall–Kier alpha value is -0.670. The smallest absolute Gasteiger partial charge is 0.138 e. The minimum atomic E-state index is -0.516. The number of Topliss-reactive ketones (excluding diaryl/α,β-unsaturated/α-hetero) is 1. The highest BCUT2D eigenvalue weighted by atomic mass is 16.3. The summed E-state index contributed by atoms with van der Waals surface area (Å²) in [5.41, 5.74) is -0.145. The average Bonchev–Trinajstić information content (AvgIpc) is 2.82. The van der Waals surface area contributed by atoms with Crippen molar-refractivity contribution in [1.82, 2.24) is 0 Å². The van der Waals surface area contributed by atoms with Crippen LogP contribution in [-0.2, 0) is 4.79 Å². The molecule has 0 aliphatic heterocycles. The lowest BCUT2D eigenvalue weighted by Gasteiger charge is -2.29. The summed E-state index contributed by atoms with van der Waals surface area (Å²) in [4.78, 5) is 12.0. The van der Waals surface area contributed by atoms with E-state index in [1.165, 1.54) is 0 Å². The van der Waals surface area contributed by atoms with Crippen LogP contribution >= 0.6 is 0 Å². The van der Waals surface area contributed by atoms with Crippen LogP contribution in [-0.4, -0.2) is 28.2 Å². The van der Waals surface area contributed by atoms with Gasteiger partial charge in [0.25, 0.3) is 0 Å². The van der Waals surface area contributed by atoms with Crippen molar-refractivity contribution in [3.8, 4) is 0 Å². The first kappa shape index (κ1) is 18.4. The molecule has 2 N–H and O–H groups in total. The molecule has 1 aliphatic carbocycles. The number of allylic oxidation sites excluding steroid dienone is 1. The molecule has 0 aromatic rings. The summed E-state index contributed by atoms with van der Waals surface area (Å²) in [5, 5.41) is 20.4. The first-order valence-electron chi connectivity index (χ1n) is 8.40. The molecule has 0 radical (unpaired) electrons. The summed E-state index contributed by atoms with van der Waals surface area (Å²) in [6.45, 7) is 8.15. The Labute approximate surface area is 129 Å². The molecule has 122 valence electrons. The zero-order valence-electron chi connectivity index (χ0n) is 14.0. The first-order chi connectivity index (χ1) is 9.83. The fourth-order valence-corrected chi connectivity index (χ4v) is 3.20. The van der Waals surface area contributed by atoms with Gasteiger partial charge in [0.2, 0.25) is 0 Å². The van der Waals surface area contributed by atoms with E-state index in [0.717, 1.165) is 25.7 Å². The summed E-state index contributed by atoms with van der Waals surface area (Å²) in [5.74, 6) is -0.0735. The van der Waals surface area contributed by atoms with Crippen LogP contribution in [0.15, 0.2) is 12.2 Å². The molecule has 21 heavy (non-hydrogen) atoms. The second-order valence-electron chi connectivity index (χ2n) is 7.08. The third-order valence-corrected chi connectivity index (χ3v) is 4.91. The summed E-state index contributed by atoms with van der Waals surface area (Å²) in [7, 11) is 0. The van der Waals surface area contributed by atoms with Crippen molar-refractivity contribution in [3.05, 3.63) is 12.2 Å². The summed E-state index contributed by atoms with van der Waals surface area (Å²) >= 11 is 0. The zero-order chi connectivity index (χ0) is 16.0. The predicted molar refractivity (Wildman–Crippen MR) is 86.0 cm³/mol. The van der Waals surface area contributed by atoms with Gasteiger partial charge in [0.15, 0.2) is 0 Å². The molecule has 0 aromatic carbocycles. The van der Waals surface area contributed by atoms with Gasteiger partial charge in [-0.2, -0.15) is 0 Å². The lowest BCUT2D eigenvalue weighted by molar-refractivity contribution is -0.125. The van der Waals surface area contributed by atoms with Gasteiger partial charge in [-0.05, 0) is 30.6 Å². The largest absolute Gasteiger partial charge is 0.392 e. The van der Waals surface area contributed by atoms with Gasteiger partial charge in [0, 0.05) is 12.3 Å². The Bertz CT molecular complexity index is 359. The van der Waals surface area contributed by atoms with Crippen LogP contribution < -0.4 is 0 Å². The Morgan fingerprint density at radius 1 is 1.33 bits per heavy atom. The SMILES string of the molecule is CCCCC(C)(C)C(O)C=CC1CCC(O)C1C(=O)CC. The molecule has 0 aromatic heterocycles. The number of unbranched alkanes of at least 4 members (excludes halogenated alkanes) is 1. The molecule has 1 aliphatic rings. The zero-order valence-corrected chi connectivity index (χ0v) is 14.0. The molecule has 3 heteroatoms. The number of aliphatic hydroxyl groups excluding tert-OH is 2. The number of rotatable bonds is 8. The molecule has 0 saturated heterocycles. The van der Waals surface area contributed by atoms with Gasteiger partial charge in [-0.3, -0.25) is 4.79 Å². The van der Waals surface area contributed by atoms with Gasteiger partial charge in [0.05, 0.1) is 12.2 Å². The van der Waals surface area contributed by atoms with Crippen molar-refractivity contribution in [2.45, 2.75) is 78.4 Å². The molecular weight excluding hydrogens is 264 g/mol. The highest BCUT2D eigenvalue weighted by molar-refractivity contribution is 5.82. The molecular formula is C18H32O3. The van der Waals surface area contributed by atoms with Crippen LogP contribution in [0.3, 0.4) is 0 Å². The Balaban J connectivity index is 2.68. The van der Waals surface area contributed by atoms with Gasteiger partial charge in [0.1, 0.15) is 5.78 Å². The molecule has 3 nitrogen and oxygen atoms in total. The van der Waals surface area contributed by atoms with Crippen LogP contribution in [0, 0.1) is 17.3 Å². The number of hydrogen-bond donors (Lipinski definition) is 2. The Kier molecular flexibility index (Phi) is 7.08. The number of carbonyl (C=O) groups excluding carboxylic acids is 1. The van der Waals surface area contributed by atoms with Crippen LogP contribution in [0.5, 0.6) is 0 Å². The van der Waals surface area contributed by atoms with Crippen molar-refractivity contribution in [1.29, 1.82) is 0 Å². The monoisotopic (exact) mass is 296 g/mol. The molecule has 0 spiro atoms. The number of ketones is 1. The fourth-order valence-electron chi connectivity index (χ4n) is 3.20. The van der Waals surface area contributed by atoms with Crippen molar-refractivity contribution in [3.63, 3.8) is 0 Å². The van der Waals surface area contributed by atoms with Crippen molar-refractivity contribution in [2.24, 2.45) is 17.3 Å². The maximum atomic E-state index is 12.0. The van der Waals surface area contributed by atoms with E-state index in [9.17, 15) is 15.0 Å².